The van der Waals surface area contributed by atoms with Crippen LogP contribution in [0.5, 0.6) is 0 Å². The maximum Gasteiger partial charge on any atom is 0.267 e. The smallest absolute Gasteiger partial charge is 0.267 e. The molecule has 19 heavy (non-hydrogen) atoms. The van der Waals surface area contributed by atoms with Crippen LogP contribution in [0.2, 0.25) is 0 Å². The van der Waals surface area contributed by atoms with Crippen molar-refractivity contribution in [2.75, 3.05) is 17.6 Å². The van der Waals surface area contributed by atoms with Crippen LogP contribution in [-0.4, -0.2) is 17.4 Å². The number of carbonyl (C=O) groups excluding carboxylic acids is 1. The molecule has 104 valence electrons. The Hall–Kier alpha value is -1.78. The van der Waals surface area contributed by atoms with E-state index < -0.39 is 5.91 Å². The summed E-state index contributed by atoms with van der Waals surface area (Å²) in [7, 11) is 0. The van der Waals surface area contributed by atoms with Crippen molar-refractivity contribution in [3.8, 4) is 0 Å². The number of primary amides is 1. The van der Waals surface area contributed by atoms with E-state index in [1.807, 2.05) is 0 Å². The first-order chi connectivity index (χ1) is 9.08. The van der Waals surface area contributed by atoms with Crippen molar-refractivity contribution in [3.05, 3.63) is 17.8 Å². The summed E-state index contributed by atoms with van der Waals surface area (Å²) in [5.74, 6) is 1.40. The standard InChI is InChI=1S/C14H22N4O/c1-9-4-2-3-5-10(9)8-17-14-11(15)6-7-12(18-14)13(16)19/h6-7,9-10H,2-5,8,15H2,1H3,(H2,16,19)(H,17,18). The fourth-order valence-electron chi connectivity index (χ4n) is 2.67. The molecule has 2 atom stereocenters. The van der Waals surface area contributed by atoms with E-state index in [4.69, 9.17) is 11.5 Å². The quantitative estimate of drug-likeness (QED) is 0.773. The molecule has 1 amide bonds. The van der Waals surface area contributed by atoms with Gasteiger partial charge in [-0.1, -0.05) is 26.2 Å². The lowest BCUT2D eigenvalue weighted by Crippen LogP contribution is -2.25. The van der Waals surface area contributed by atoms with Gasteiger partial charge in [0.15, 0.2) is 0 Å². The van der Waals surface area contributed by atoms with Crippen molar-refractivity contribution in [1.29, 1.82) is 0 Å². The summed E-state index contributed by atoms with van der Waals surface area (Å²) in [5, 5.41) is 3.26. The van der Waals surface area contributed by atoms with E-state index in [0.717, 1.165) is 12.5 Å². The zero-order valence-electron chi connectivity index (χ0n) is 11.4. The van der Waals surface area contributed by atoms with Crippen LogP contribution in [0, 0.1) is 11.8 Å². The Morgan fingerprint density at radius 2 is 2.16 bits per heavy atom. The lowest BCUT2D eigenvalue weighted by molar-refractivity contribution is 0.0995. The normalized spacial score (nSPS) is 23.0. The monoisotopic (exact) mass is 262 g/mol. The number of hydrogen-bond acceptors (Lipinski definition) is 4. The fraction of sp³-hybridized carbons (Fsp3) is 0.571. The highest BCUT2D eigenvalue weighted by molar-refractivity contribution is 5.91. The molecule has 1 aromatic rings. The average Bonchev–Trinajstić information content (AvgIpc) is 2.39. The van der Waals surface area contributed by atoms with E-state index in [1.54, 1.807) is 12.1 Å². The molecule has 2 rings (SSSR count). The predicted octanol–water partition coefficient (Wildman–Crippen LogP) is 2.00. The Bertz CT molecular complexity index is 461. The second kappa shape index (κ2) is 5.91. The van der Waals surface area contributed by atoms with E-state index >= 15 is 0 Å². The topological polar surface area (TPSA) is 94.0 Å². The molecule has 0 bridgehead atoms. The van der Waals surface area contributed by atoms with Crippen molar-refractivity contribution >= 4 is 17.4 Å². The minimum Gasteiger partial charge on any atom is -0.396 e. The molecule has 0 aliphatic heterocycles. The molecule has 0 radical (unpaired) electrons. The van der Waals surface area contributed by atoms with Gasteiger partial charge >= 0.3 is 0 Å². The molecule has 1 saturated carbocycles. The van der Waals surface area contributed by atoms with Gasteiger partial charge in [-0.25, -0.2) is 4.98 Å². The van der Waals surface area contributed by atoms with Crippen LogP contribution >= 0.6 is 0 Å². The molecule has 1 fully saturated rings. The zero-order valence-corrected chi connectivity index (χ0v) is 11.4. The van der Waals surface area contributed by atoms with Crippen LogP contribution in [0.25, 0.3) is 0 Å². The van der Waals surface area contributed by atoms with Crippen molar-refractivity contribution in [3.63, 3.8) is 0 Å². The molecule has 1 aromatic heterocycles. The van der Waals surface area contributed by atoms with Gasteiger partial charge in [-0.3, -0.25) is 4.79 Å². The summed E-state index contributed by atoms with van der Waals surface area (Å²) in [6.45, 7) is 3.14. The molecule has 1 aliphatic carbocycles. The highest BCUT2D eigenvalue weighted by Crippen LogP contribution is 2.30. The van der Waals surface area contributed by atoms with Gasteiger partial charge in [0.05, 0.1) is 5.69 Å². The van der Waals surface area contributed by atoms with Gasteiger partial charge in [0, 0.05) is 6.54 Å². The molecule has 5 nitrogen and oxygen atoms in total. The molecule has 5 N–H and O–H groups in total. The molecule has 1 heterocycles. The Kier molecular flexibility index (Phi) is 4.24. The molecular formula is C14H22N4O. The Morgan fingerprint density at radius 1 is 1.42 bits per heavy atom. The summed E-state index contributed by atoms with van der Waals surface area (Å²) < 4.78 is 0. The van der Waals surface area contributed by atoms with Crippen LogP contribution in [0.1, 0.15) is 43.1 Å². The SMILES string of the molecule is CC1CCCCC1CNc1nc(C(N)=O)ccc1N. The van der Waals surface area contributed by atoms with Crippen LogP contribution in [-0.2, 0) is 0 Å². The third kappa shape index (κ3) is 3.36. The number of nitrogens with one attached hydrogen (secondary N) is 1. The second-order valence-corrected chi connectivity index (χ2v) is 5.40. The second-order valence-electron chi connectivity index (χ2n) is 5.40. The van der Waals surface area contributed by atoms with Gasteiger partial charge < -0.3 is 16.8 Å². The number of nitrogens with zero attached hydrogens (tertiary/aromatic N) is 1. The Balaban J connectivity index is 2.02. The number of nitrogen functional groups attached to an aromatic ring is 1. The number of aromatic nitrogens is 1. The van der Waals surface area contributed by atoms with E-state index in [0.29, 0.717) is 17.4 Å². The van der Waals surface area contributed by atoms with E-state index in [-0.39, 0.29) is 5.69 Å². The van der Waals surface area contributed by atoms with Crippen molar-refractivity contribution in [2.24, 2.45) is 17.6 Å². The number of amides is 1. The maximum atomic E-state index is 11.1. The molecule has 0 saturated heterocycles. The van der Waals surface area contributed by atoms with E-state index in [9.17, 15) is 4.79 Å². The minimum atomic E-state index is -0.533. The van der Waals surface area contributed by atoms with Crippen LogP contribution in [0.3, 0.4) is 0 Å². The molecule has 2 unspecified atom stereocenters. The summed E-state index contributed by atoms with van der Waals surface area (Å²) in [4.78, 5) is 15.3. The van der Waals surface area contributed by atoms with Crippen molar-refractivity contribution in [1.82, 2.24) is 4.98 Å². The molecule has 0 spiro atoms. The molecular weight excluding hydrogens is 240 g/mol. The molecule has 5 heteroatoms. The Morgan fingerprint density at radius 3 is 2.84 bits per heavy atom. The summed E-state index contributed by atoms with van der Waals surface area (Å²) in [6.07, 6.45) is 5.15. The first-order valence-electron chi connectivity index (χ1n) is 6.88. The van der Waals surface area contributed by atoms with Gasteiger partial charge in [0.25, 0.3) is 5.91 Å². The van der Waals surface area contributed by atoms with Crippen LogP contribution < -0.4 is 16.8 Å². The van der Waals surface area contributed by atoms with Gasteiger partial charge in [0.2, 0.25) is 0 Å². The Labute approximate surface area is 113 Å². The van der Waals surface area contributed by atoms with E-state index in [1.165, 1.54) is 25.7 Å². The number of anilines is 2. The van der Waals surface area contributed by atoms with Gasteiger partial charge in [-0.05, 0) is 30.4 Å². The maximum absolute atomic E-state index is 11.1. The minimum absolute atomic E-state index is 0.244. The highest BCUT2D eigenvalue weighted by atomic mass is 16.1. The summed E-state index contributed by atoms with van der Waals surface area (Å²) in [6, 6.07) is 3.21. The van der Waals surface area contributed by atoms with Gasteiger partial charge in [-0.2, -0.15) is 0 Å². The fourth-order valence-corrected chi connectivity index (χ4v) is 2.67. The van der Waals surface area contributed by atoms with Crippen LogP contribution in [0.15, 0.2) is 12.1 Å². The zero-order chi connectivity index (χ0) is 13.8. The predicted molar refractivity (Wildman–Crippen MR) is 76.8 cm³/mol. The third-order valence-corrected chi connectivity index (χ3v) is 4.00. The summed E-state index contributed by atoms with van der Waals surface area (Å²) >= 11 is 0. The highest BCUT2D eigenvalue weighted by Gasteiger charge is 2.21. The van der Waals surface area contributed by atoms with Gasteiger partial charge in [0.1, 0.15) is 11.5 Å². The number of hydrogen-bond donors (Lipinski definition) is 3. The number of pyridine rings is 1. The first kappa shape index (κ1) is 13.6. The number of carbonyl (C=O) groups is 1. The third-order valence-electron chi connectivity index (χ3n) is 4.00. The molecule has 0 aromatic carbocycles. The summed E-state index contributed by atoms with van der Waals surface area (Å²) in [5.41, 5.74) is 11.9. The largest absolute Gasteiger partial charge is 0.396 e. The average molecular weight is 262 g/mol. The number of nitrogens with two attached hydrogens (primary N) is 2. The first-order valence-corrected chi connectivity index (χ1v) is 6.88. The van der Waals surface area contributed by atoms with Crippen LogP contribution in [0.4, 0.5) is 11.5 Å². The van der Waals surface area contributed by atoms with E-state index in [2.05, 4.69) is 17.2 Å². The van der Waals surface area contributed by atoms with Crippen molar-refractivity contribution in [2.45, 2.75) is 32.6 Å². The lowest BCUT2D eigenvalue weighted by Gasteiger charge is -2.29. The lowest BCUT2D eigenvalue weighted by atomic mass is 9.80. The van der Waals surface area contributed by atoms with Gasteiger partial charge in [-0.15, -0.1) is 0 Å². The number of rotatable bonds is 4. The van der Waals surface area contributed by atoms with Crippen molar-refractivity contribution < 1.29 is 4.79 Å². The molecule has 1 aliphatic rings.